The topological polar surface area (TPSA) is 32.3 Å². The summed E-state index contributed by atoms with van der Waals surface area (Å²) in [6.07, 6.45) is 0. The summed E-state index contributed by atoms with van der Waals surface area (Å²) in [6, 6.07) is 11.0. The van der Waals surface area contributed by atoms with Crippen LogP contribution in [0.15, 0.2) is 36.4 Å². The van der Waals surface area contributed by atoms with Crippen LogP contribution in [0.4, 0.5) is 5.69 Å². The average molecular weight is 296 g/mol. The van der Waals surface area contributed by atoms with Crippen molar-refractivity contribution in [2.75, 3.05) is 5.32 Å². The van der Waals surface area contributed by atoms with Crippen LogP contribution in [0, 0.1) is 6.92 Å². The van der Waals surface area contributed by atoms with Gasteiger partial charge in [-0.25, -0.2) is 0 Å². The molecule has 0 spiro atoms. The number of benzene rings is 2. The number of phenols is 1. The number of hydrogen-bond acceptors (Lipinski definition) is 2. The molecule has 1 unspecified atom stereocenters. The van der Waals surface area contributed by atoms with Gasteiger partial charge in [0.2, 0.25) is 0 Å². The molecule has 0 saturated carbocycles. The number of aryl methyl sites for hydroxylation is 1. The Bertz CT molecular complexity index is 599. The minimum atomic E-state index is 0.0203. The molecule has 0 aromatic heterocycles. The third kappa shape index (κ3) is 3.34. The largest absolute Gasteiger partial charge is 0.508 e. The molecule has 1 atom stereocenters. The van der Waals surface area contributed by atoms with Crippen molar-refractivity contribution in [2.45, 2.75) is 19.9 Å². The molecule has 2 N–H and O–H groups in total. The van der Waals surface area contributed by atoms with Crippen LogP contribution in [-0.2, 0) is 0 Å². The number of rotatable bonds is 3. The fraction of sp³-hybridized carbons (Fsp3) is 0.200. The van der Waals surface area contributed by atoms with E-state index in [2.05, 4.69) is 5.32 Å². The fourth-order valence-electron chi connectivity index (χ4n) is 1.88. The molecule has 0 saturated heterocycles. The number of hydrogen-bond donors (Lipinski definition) is 2. The van der Waals surface area contributed by atoms with Crippen LogP contribution >= 0.6 is 23.2 Å². The minimum Gasteiger partial charge on any atom is -0.508 e. The standard InChI is InChI=1S/C15H15Cl2NO/c1-9-3-5-12(8-15(9)19)18-10(2)13-6-4-11(16)7-14(13)17/h3-8,10,18-19H,1-2H3. The molecule has 0 aliphatic rings. The third-order valence-corrected chi connectivity index (χ3v) is 3.58. The van der Waals surface area contributed by atoms with Crippen LogP contribution in [0.25, 0.3) is 0 Å². The van der Waals surface area contributed by atoms with Gasteiger partial charge in [0.05, 0.1) is 0 Å². The summed E-state index contributed by atoms with van der Waals surface area (Å²) < 4.78 is 0. The van der Waals surface area contributed by atoms with Gasteiger partial charge in [-0.2, -0.15) is 0 Å². The van der Waals surface area contributed by atoms with Crippen LogP contribution in [-0.4, -0.2) is 5.11 Å². The molecule has 0 aliphatic carbocycles. The van der Waals surface area contributed by atoms with E-state index in [1.807, 2.05) is 38.1 Å². The average Bonchev–Trinajstić information content (AvgIpc) is 2.33. The summed E-state index contributed by atoms with van der Waals surface area (Å²) in [7, 11) is 0. The predicted octanol–water partition coefficient (Wildman–Crippen LogP) is 5.18. The summed E-state index contributed by atoms with van der Waals surface area (Å²) in [6.45, 7) is 3.87. The Hall–Kier alpha value is -1.38. The van der Waals surface area contributed by atoms with E-state index in [0.29, 0.717) is 10.0 Å². The second kappa shape index (κ2) is 5.72. The highest BCUT2D eigenvalue weighted by molar-refractivity contribution is 6.35. The molecule has 4 heteroatoms. The second-order valence-corrected chi connectivity index (χ2v) is 5.38. The highest BCUT2D eigenvalue weighted by atomic mass is 35.5. The Kier molecular flexibility index (Phi) is 4.23. The molecule has 2 aromatic rings. The van der Waals surface area contributed by atoms with E-state index in [4.69, 9.17) is 23.2 Å². The van der Waals surface area contributed by atoms with Gasteiger partial charge in [-0.3, -0.25) is 0 Å². The van der Waals surface area contributed by atoms with E-state index < -0.39 is 0 Å². The summed E-state index contributed by atoms with van der Waals surface area (Å²) in [5.74, 6) is 0.277. The van der Waals surface area contributed by atoms with Gasteiger partial charge >= 0.3 is 0 Å². The Labute approximate surface area is 123 Å². The molecule has 2 rings (SSSR count). The van der Waals surface area contributed by atoms with E-state index >= 15 is 0 Å². The van der Waals surface area contributed by atoms with Crippen LogP contribution in [0.5, 0.6) is 5.75 Å². The van der Waals surface area contributed by atoms with Crippen molar-refractivity contribution in [1.82, 2.24) is 0 Å². The quantitative estimate of drug-likeness (QED) is 0.818. The molecule has 0 bridgehead atoms. The molecule has 0 amide bonds. The second-order valence-electron chi connectivity index (χ2n) is 4.53. The zero-order chi connectivity index (χ0) is 14.0. The van der Waals surface area contributed by atoms with Crippen LogP contribution in [0.1, 0.15) is 24.1 Å². The molecule has 19 heavy (non-hydrogen) atoms. The first-order valence-corrected chi connectivity index (χ1v) is 6.74. The Morgan fingerprint density at radius 2 is 1.84 bits per heavy atom. The Morgan fingerprint density at radius 3 is 2.47 bits per heavy atom. The van der Waals surface area contributed by atoms with Gasteiger partial charge in [-0.05, 0) is 43.2 Å². The zero-order valence-corrected chi connectivity index (χ0v) is 12.3. The van der Waals surface area contributed by atoms with Crippen LogP contribution < -0.4 is 5.32 Å². The van der Waals surface area contributed by atoms with Crippen molar-refractivity contribution < 1.29 is 5.11 Å². The summed E-state index contributed by atoms with van der Waals surface area (Å²) >= 11 is 12.1. The molecule has 2 aromatic carbocycles. The van der Waals surface area contributed by atoms with Crippen molar-refractivity contribution in [1.29, 1.82) is 0 Å². The SMILES string of the molecule is Cc1ccc(NC(C)c2ccc(Cl)cc2Cl)cc1O. The lowest BCUT2D eigenvalue weighted by Gasteiger charge is -2.17. The lowest BCUT2D eigenvalue weighted by molar-refractivity contribution is 0.471. The number of nitrogens with one attached hydrogen (secondary N) is 1. The predicted molar refractivity (Wildman–Crippen MR) is 81.3 cm³/mol. The first-order chi connectivity index (χ1) is 8.97. The lowest BCUT2D eigenvalue weighted by Crippen LogP contribution is -2.07. The zero-order valence-electron chi connectivity index (χ0n) is 10.7. The minimum absolute atomic E-state index is 0.0203. The van der Waals surface area contributed by atoms with E-state index in [9.17, 15) is 5.11 Å². The van der Waals surface area contributed by atoms with Crippen LogP contribution in [0.2, 0.25) is 10.0 Å². The number of aromatic hydroxyl groups is 1. The molecule has 0 fully saturated rings. The number of halogens is 2. The van der Waals surface area contributed by atoms with Crippen molar-refractivity contribution >= 4 is 28.9 Å². The van der Waals surface area contributed by atoms with Crippen molar-refractivity contribution in [2.24, 2.45) is 0 Å². The van der Waals surface area contributed by atoms with E-state index in [0.717, 1.165) is 16.8 Å². The molecule has 100 valence electrons. The first-order valence-electron chi connectivity index (χ1n) is 5.98. The third-order valence-electron chi connectivity index (χ3n) is 3.02. The molecular formula is C15H15Cl2NO. The van der Waals surface area contributed by atoms with Gasteiger partial charge in [0.1, 0.15) is 5.75 Å². The van der Waals surface area contributed by atoms with Gasteiger partial charge in [-0.1, -0.05) is 35.3 Å². The van der Waals surface area contributed by atoms with E-state index in [1.165, 1.54) is 0 Å². The van der Waals surface area contributed by atoms with E-state index in [1.54, 1.807) is 12.1 Å². The van der Waals surface area contributed by atoms with Crippen LogP contribution in [0.3, 0.4) is 0 Å². The maximum absolute atomic E-state index is 9.69. The van der Waals surface area contributed by atoms with E-state index in [-0.39, 0.29) is 11.8 Å². The normalized spacial score (nSPS) is 12.2. The first kappa shape index (κ1) is 14.0. The van der Waals surface area contributed by atoms with Crippen molar-refractivity contribution in [3.8, 4) is 5.75 Å². The lowest BCUT2D eigenvalue weighted by atomic mass is 10.1. The van der Waals surface area contributed by atoms with Crippen molar-refractivity contribution in [3.05, 3.63) is 57.6 Å². The molecular weight excluding hydrogens is 281 g/mol. The fourth-order valence-corrected chi connectivity index (χ4v) is 2.45. The van der Waals surface area contributed by atoms with Gasteiger partial charge in [0, 0.05) is 27.8 Å². The molecule has 2 nitrogen and oxygen atoms in total. The van der Waals surface area contributed by atoms with Gasteiger partial charge < -0.3 is 10.4 Å². The van der Waals surface area contributed by atoms with Gasteiger partial charge in [-0.15, -0.1) is 0 Å². The Morgan fingerprint density at radius 1 is 1.11 bits per heavy atom. The molecule has 0 heterocycles. The number of anilines is 1. The molecule has 0 radical (unpaired) electrons. The summed E-state index contributed by atoms with van der Waals surface area (Å²) in [5, 5.41) is 14.2. The monoisotopic (exact) mass is 295 g/mol. The van der Waals surface area contributed by atoms with Gasteiger partial charge in [0.25, 0.3) is 0 Å². The maximum atomic E-state index is 9.69. The smallest absolute Gasteiger partial charge is 0.120 e. The van der Waals surface area contributed by atoms with Gasteiger partial charge in [0.15, 0.2) is 0 Å². The summed E-state index contributed by atoms with van der Waals surface area (Å²) in [5.41, 5.74) is 2.66. The Balaban J connectivity index is 2.20. The summed E-state index contributed by atoms with van der Waals surface area (Å²) in [4.78, 5) is 0. The highest BCUT2D eigenvalue weighted by Gasteiger charge is 2.10. The maximum Gasteiger partial charge on any atom is 0.120 e. The molecule has 0 aliphatic heterocycles. The highest BCUT2D eigenvalue weighted by Crippen LogP contribution is 2.29. The number of phenolic OH excluding ortho intramolecular Hbond substituents is 1. The van der Waals surface area contributed by atoms with Crippen molar-refractivity contribution in [3.63, 3.8) is 0 Å².